The van der Waals surface area contributed by atoms with Gasteiger partial charge in [0.05, 0.1) is 0 Å². The zero-order chi connectivity index (χ0) is 13.9. The molecule has 1 aliphatic rings. The third kappa shape index (κ3) is 6.42. The largest absolute Gasteiger partial charge is 0.382 e. The van der Waals surface area contributed by atoms with E-state index in [-0.39, 0.29) is 0 Å². The van der Waals surface area contributed by atoms with Crippen LogP contribution in [0.5, 0.6) is 0 Å². The van der Waals surface area contributed by atoms with Gasteiger partial charge in [-0.2, -0.15) is 0 Å². The zero-order valence-corrected chi connectivity index (χ0v) is 12.8. The number of likely N-dealkylation sites (tertiary alicyclic amines) is 1. The molecule has 0 aromatic rings. The summed E-state index contributed by atoms with van der Waals surface area (Å²) in [5, 5.41) is 0. The van der Waals surface area contributed by atoms with Crippen LogP contribution in [0.2, 0.25) is 0 Å². The molecular weight excluding hydrogens is 238 g/mol. The second kappa shape index (κ2) is 10.2. The van der Waals surface area contributed by atoms with E-state index in [4.69, 9.17) is 4.74 Å². The minimum atomic E-state index is 0.379. The second-order valence-electron chi connectivity index (χ2n) is 5.53. The lowest BCUT2D eigenvalue weighted by Gasteiger charge is -2.36. The fraction of sp³-hybridized carbons (Fsp3) is 0.938. The van der Waals surface area contributed by atoms with E-state index in [1.807, 2.05) is 6.92 Å². The van der Waals surface area contributed by atoms with Gasteiger partial charge in [0.2, 0.25) is 5.91 Å². The van der Waals surface area contributed by atoms with Gasteiger partial charge in [-0.1, -0.05) is 26.2 Å². The summed E-state index contributed by atoms with van der Waals surface area (Å²) in [5.74, 6) is 0.379. The van der Waals surface area contributed by atoms with Crippen molar-refractivity contribution in [1.29, 1.82) is 0 Å². The summed E-state index contributed by atoms with van der Waals surface area (Å²) in [4.78, 5) is 14.2. The van der Waals surface area contributed by atoms with Gasteiger partial charge in [-0.25, -0.2) is 0 Å². The Kier molecular flexibility index (Phi) is 8.89. The molecule has 1 saturated heterocycles. The number of hydrogen-bond donors (Lipinski definition) is 0. The molecule has 0 saturated carbocycles. The molecule has 0 aromatic heterocycles. The summed E-state index contributed by atoms with van der Waals surface area (Å²) < 4.78 is 5.35. The van der Waals surface area contributed by atoms with E-state index in [0.29, 0.717) is 11.9 Å². The Hall–Kier alpha value is -0.570. The van der Waals surface area contributed by atoms with E-state index in [9.17, 15) is 4.79 Å². The normalized spacial score (nSPS) is 20.0. The van der Waals surface area contributed by atoms with Crippen LogP contribution >= 0.6 is 0 Å². The molecule has 0 aromatic carbocycles. The first-order chi connectivity index (χ1) is 9.29. The van der Waals surface area contributed by atoms with E-state index < -0.39 is 0 Å². The highest BCUT2D eigenvalue weighted by atomic mass is 16.5. The minimum Gasteiger partial charge on any atom is -0.382 e. The van der Waals surface area contributed by atoms with Crippen LogP contribution in [0.25, 0.3) is 0 Å². The summed E-state index contributed by atoms with van der Waals surface area (Å²) in [7, 11) is 0. The lowest BCUT2D eigenvalue weighted by molar-refractivity contribution is -0.136. The van der Waals surface area contributed by atoms with Crippen molar-refractivity contribution in [2.24, 2.45) is 0 Å². The summed E-state index contributed by atoms with van der Waals surface area (Å²) >= 11 is 0. The van der Waals surface area contributed by atoms with Crippen molar-refractivity contribution < 1.29 is 9.53 Å². The van der Waals surface area contributed by atoms with Gasteiger partial charge in [0.1, 0.15) is 0 Å². The number of carbonyl (C=O) groups excluding carboxylic acids is 1. The molecule has 0 unspecified atom stereocenters. The average Bonchev–Trinajstić information content (AvgIpc) is 2.41. The number of amides is 1. The van der Waals surface area contributed by atoms with E-state index in [0.717, 1.165) is 45.4 Å². The van der Waals surface area contributed by atoms with Gasteiger partial charge in [-0.3, -0.25) is 4.79 Å². The molecule has 1 amide bonds. The van der Waals surface area contributed by atoms with Gasteiger partial charge >= 0.3 is 0 Å². The highest BCUT2D eigenvalue weighted by molar-refractivity contribution is 5.77. The molecule has 1 fully saturated rings. The lowest BCUT2D eigenvalue weighted by Crippen LogP contribution is -2.44. The second-order valence-corrected chi connectivity index (χ2v) is 5.53. The highest BCUT2D eigenvalue weighted by Crippen LogP contribution is 2.23. The number of nitrogens with zero attached hydrogens (tertiary/aromatic N) is 1. The zero-order valence-electron chi connectivity index (χ0n) is 12.8. The molecule has 112 valence electrons. The molecule has 1 atom stereocenters. The van der Waals surface area contributed by atoms with Crippen molar-refractivity contribution in [3.63, 3.8) is 0 Å². The molecule has 19 heavy (non-hydrogen) atoms. The standard InChI is InChI=1S/C16H31NO2/c1-3-5-6-10-15-11-9-12-16(18)17(15)13-7-8-14-19-4-2/h15H,3-14H2,1-2H3/t15-/m0/s1. The third-order valence-electron chi connectivity index (χ3n) is 3.97. The predicted molar refractivity (Wildman–Crippen MR) is 79.2 cm³/mol. The number of piperidine rings is 1. The monoisotopic (exact) mass is 269 g/mol. The van der Waals surface area contributed by atoms with Gasteiger partial charge in [0, 0.05) is 32.2 Å². The Morgan fingerprint density at radius 3 is 2.79 bits per heavy atom. The van der Waals surface area contributed by atoms with Crippen LogP contribution in [0.4, 0.5) is 0 Å². The smallest absolute Gasteiger partial charge is 0.222 e. The number of unbranched alkanes of at least 4 members (excludes halogenated alkanes) is 3. The maximum Gasteiger partial charge on any atom is 0.222 e. The quantitative estimate of drug-likeness (QED) is 0.565. The topological polar surface area (TPSA) is 29.5 Å². The molecule has 0 spiro atoms. The van der Waals surface area contributed by atoms with Crippen LogP contribution in [0.3, 0.4) is 0 Å². The molecule has 0 radical (unpaired) electrons. The van der Waals surface area contributed by atoms with Crippen molar-refractivity contribution in [2.75, 3.05) is 19.8 Å². The fourth-order valence-corrected chi connectivity index (χ4v) is 2.86. The number of hydrogen-bond acceptors (Lipinski definition) is 2. The lowest BCUT2D eigenvalue weighted by atomic mass is 9.96. The average molecular weight is 269 g/mol. The summed E-state index contributed by atoms with van der Waals surface area (Å²) in [6, 6.07) is 0.514. The van der Waals surface area contributed by atoms with Crippen LogP contribution in [-0.4, -0.2) is 36.6 Å². The maximum absolute atomic E-state index is 12.1. The van der Waals surface area contributed by atoms with E-state index in [2.05, 4.69) is 11.8 Å². The maximum atomic E-state index is 12.1. The summed E-state index contributed by atoms with van der Waals surface area (Å²) in [6.07, 6.45) is 10.2. The SMILES string of the molecule is CCCCC[C@H]1CCCC(=O)N1CCCCOCC. The minimum absolute atomic E-state index is 0.379. The first kappa shape index (κ1) is 16.5. The molecule has 3 nitrogen and oxygen atoms in total. The number of ether oxygens (including phenoxy) is 1. The first-order valence-electron chi connectivity index (χ1n) is 8.16. The van der Waals surface area contributed by atoms with Crippen LogP contribution in [0, 0.1) is 0 Å². The summed E-state index contributed by atoms with van der Waals surface area (Å²) in [6.45, 7) is 6.82. The number of rotatable bonds is 10. The summed E-state index contributed by atoms with van der Waals surface area (Å²) in [5.41, 5.74) is 0. The van der Waals surface area contributed by atoms with Gasteiger partial charge < -0.3 is 9.64 Å². The third-order valence-corrected chi connectivity index (χ3v) is 3.97. The molecule has 1 rings (SSSR count). The van der Waals surface area contributed by atoms with Gasteiger partial charge in [-0.15, -0.1) is 0 Å². The Bertz CT molecular complexity index is 243. The van der Waals surface area contributed by atoms with E-state index in [1.54, 1.807) is 0 Å². The Balaban J connectivity index is 2.28. The van der Waals surface area contributed by atoms with Crippen LogP contribution in [0.15, 0.2) is 0 Å². The predicted octanol–water partition coefficient (Wildman–Crippen LogP) is 3.76. The van der Waals surface area contributed by atoms with Crippen LogP contribution < -0.4 is 0 Å². The Morgan fingerprint density at radius 1 is 1.21 bits per heavy atom. The Labute approximate surface area is 118 Å². The Morgan fingerprint density at radius 2 is 2.05 bits per heavy atom. The van der Waals surface area contributed by atoms with E-state index in [1.165, 1.54) is 32.1 Å². The molecule has 1 heterocycles. The van der Waals surface area contributed by atoms with Crippen molar-refractivity contribution in [2.45, 2.75) is 77.7 Å². The van der Waals surface area contributed by atoms with Gasteiger partial charge in [0.25, 0.3) is 0 Å². The van der Waals surface area contributed by atoms with Crippen LogP contribution in [-0.2, 0) is 9.53 Å². The van der Waals surface area contributed by atoms with Crippen molar-refractivity contribution in [3.8, 4) is 0 Å². The van der Waals surface area contributed by atoms with Crippen molar-refractivity contribution in [3.05, 3.63) is 0 Å². The van der Waals surface area contributed by atoms with Crippen LogP contribution in [0.1, 0.15) is 71.6 Å². The van der Waals surface area contributed by atoms with E-state index >= 15 is 0 Å². The molecule has 0 bridgehead atoms. The number of carbonyl (C=O) groups is 1. The van der Waals surface area contributed by atoms with Crippen molar-refractivity contribution >= 4 is 5.91 Å². The molecular formula is C16H31NO2. The van der Waals surface area contributed by atoms with Gasteiger partial charge in [-0.05, 0) is 39.0 Å². The highest BCUT2D eigenvalue weighted by Gasteiger charge is 2.26. The molecule has 3 heteroatoms. The first-order valence-corrected chi connectivity index (χ1v) is 8.16. The van der Waals surface area contributed by atoms with Crippen molar-refractivity contribution in [1.82, 2.24) is 4.90 Å². The molecule has 0 aliphatic carbocycles. The fourth-order valence-electron chi connectivity index (χ4n) is 2.86. The molecule has 0 N–H and O–H groups in total. The molecule has 1 aliphatic heterocycles. The van der Waals surface area contributed by atoms with Gasteiger partial charge in [0.15, 0.2) is 0 Å².